The van der Waals surface area contributed by atoms with Gasteiger partial charge in [-0.3, -0.25) is 4.79 Å². The zero-order valence-electron chi connectivity index (χ0n) is 19.5. The summed E-state index contributed by atoms with van der Waals surface area (Å²) in [6.45, 7) is 1.80. The number of imidazole rings is 1. The third-order valence-corrected chi connectivity index (χ3v) is 8.39. The van der Waals surface area contributed by atoms with Gasteiger partial charge in [0.2, 0.25) is 15.9 Å². The Morgan fingerprint density at radius 3 is 2.46 bits per heavy atom. The van der Waals surface area contributed by atoms with E-state index in [-0.39, 0.29) is 18.2 Å². The quantitative estimate of drug-likeness (QED) is 0.414. The average molecular weight is 489 g/mol. The topological polar surface area (TPSA) is 95.2 Å². The number of nitrogens with zero attached hydrogens (tertiary/aromatic N) is 2. The van der Waals surface area contributed by atoms with E-state index in [0.29, 0.717) is 18.7 Å². The van der Waals surface area contributed by atoms with Gasteiger partial charge in [-0.2, -0.15) is 4.31 Å². The monoisotopic (exact) mass is 488 g/mol. The van der Waals surface area contributed by atoms with Crippen LogP contribution < -0.4 is 5.32 Å². The Morgan fingerprint density at radius 1 is 1.03 bits per heavy atom. The second kappa shape index (κ2) is 9.64. The van der Waals surface area contributed by atoms with E-state index in [0.717, 1.165) is 27.7 Å². The number of carbonyl (C=O) groups excluding carboxylic acids is 1. The van der Waals surface area contributed by atoms with Crippen molar-refractivity contribution in [3.63, 3.8) is 0 Å². The highest BCUT2D eigenvalue weighted by atomic mass is 32.2. The minimum Gasteiger partial charge on any atom is -0.344 e. The Balaban J connectivity index is 1.48. The predicted octanol–water partition coefficient (Wildman–Crippen LogP) is 3.74. The van der Waals surface area contributed by atoms with Crippen molar-refractivity contribution in [2.75, 3.05) is 5.75 Å². The van der Waals surface area contributed by atoms with Gasteiger partial charge >= 0.3 is 0 Å². The van der Waals surface area contributed by atoms with Crippen LogP contribution in [0.4, 0.5) is 0 Å². The summed E-state index contributed by atoms with van der Waals surface area (Å²) in [6.07, 6.45) is 0.857. The third-order valence-electron chi connectivity index (χ3n) is 6.57. The third kappa shape index (κ3) is 4.85. The largest absolute Gasteiger partial charge is 0.344 e. The summed E-state index contributed by atoms with van der Waals surface area (Å²) in [4.78, 5) is 21.8. The summed E-state index contributed by atoms with van der Waals surface area (Å²) >= 11 is 0. The number of carbonyl (C=O) groups is 1. The summed E-state index contributed by atoms with van der Waals surface area (Å²) in [5, 5.41) is 3.13. The van der Waals surface area contributed by atoms with Crippen molar-refractivity contribution < 1.29 is 13.2 Å². The van der Waals surface area contributed by atoms with Crippen LogP contribution in [-0.4, -0.2) is 40.4 Å². The number of amides is 1. The number of sulfonamides is 1. The molecule has 2 heterocycles. The number of rotatable bonds is 7. The molecule has 8 heteroatoms. The molecule has 0 radical (unpaired) electrons. The molecule has 0 bridgehead atoms. The van der Waals surface area contributed by atoms with E-state index in [1.54, 1.807) is 6.92 Å². The van der Waals surface area contributed by atoms with Crippen molar-refractivity contribution in [3.8, 4) is 0 Å². The molecule has 2 N–H and O–H groups in total. The minimum absolute atomic E-state index is 0.0596. The van der Waals surface area contributed by atoms with Crippen LogP contribution >= 0.6 is 0 Å². The van der Waals surface area contributed by atoms with Crippen LogP contribution in [0, 0.1) is 0 Å². The summed E-state index contributed by atoms with van der Waals surface area (Å²) in [7, 11) is -3.59. The second-order valence-electron chi connectivity index (χ2n) is 8.82. The molecule has 2 unspecified atom stereocenters. The van der Waals surface area contributed by atoms with Crippen molar-refractivity contribution >= 4 is 27.0 Å². The normalized spacial score (nSPS) is 17.1. The minimum atomic E-state index is -3.59. The number of aromatic nitrogens is 2. The van der Waals surface area contributed by atoms with Crippen LogP contribution in [-0.2, 0) is 34.2 Å². The van der Waals surface area contributed by atoms with E-state index in [1.807, 2.05) is 78.9 Å². The van der Waals surface area contributed by atoms with Crippen LogP contribution in [0.2, 0.25) is 0 Å². The van der Waals surface area contributed by atoms with Crippen molar-refractivity contribution in [2.24, 2.45) is 0 Å². The molecule has 2 atom stereocenters. The number of hydrogen-bond donors (Lipinski definition) is 2. The van der Waals surface area contributed by atoms with Gasteiger partial charge < -0.3 is 10.3 Å². The summed E-state index contributed by atoms with van der Waals surface area (Å²) in [5.41, 5.74) is 4.68. The van der Waals surface area contributed by atoms with Crippen LogP contribution in [0.25, 0.3) is 11.0 Å². The van der Waals surface area contributed by atoms with Gasteiger partial charge in [0.15, 0.2) is 0 Å². The number of nitrogens with one attached hydrogen (secondary N) is 2. The van der Waals surface area contributed by atoms with Crippen LogP contribution in [0.1, 0.15) is 35.5 Å². The molecule has 0 fully saturated rings. The highest BCUT2D eigenvalue weighted by molar-refractivity contribution is 7.89. The van der Waals surface area contributed by atoms with E-state index >= 15 is 0 Å². The first-order valence-electron chi connectivity index (χ1n) is 11.8. The van der Waals surface area contributed by atoms with Crippen LogP contribution in [0.5, 0.6) is 0 Å². The number of fused-ring (bicyclic) bond motifs is 2. The van der Waals surface area contributed by atoms with Gasteiger partial charge in [0, 0.05) is 6.54 Å². The lowest BCUT2D eigenvalue weighted by atomic mass is 9.95. The summed E-state index contributed by atoms with van der Waals surface area (Å²) < 4.78 is 27.3. The van der Waals surface area contributed by atoms with Crippen LogP contribution in [0.3, 0.4) is 0 Å². The SMILES string of the molecule is CCS(=O)(=O)N1Cc2ccccc2CC1C(=O)NC(Cc1ccccc1)c1nc2ccccc2[nH]1. The van der Waals surface area contributed by atoms with Gasteiger partial charge in [0.1, 0.15) is 11.9 Å². The molecule has 5 rings (SSSR count). The van der Waals surface area contributed by atoms with E-state index in [4.69, 9.17) is 4.98 Å². The first-order valence-corrected chi connectivity index (χ1v) is 13.4. The Morgan fingerprint density at radius 2 is 1.71 bits per heavy atom. The number of aromatic amines is 1. The molecule has 1 aliphatic rings. The number of para-hydroxylation sites is 2. The van der Waals surface area contributed by atoms with Crippen molar-refractivity contribution in [1.82, 2.24) is 19.6 Å². The van der Waals surface area contributed by atoms with Crippen molar-refractivity contribution in [3.05, 3.63) is 101 Å². The van der Waals surface area contributed by atoms with Gasteiger partial charge in [0.05, 0.1) is 22.8 Å². The zero-order chi connectivity index (χ0) is 24.4. The lowest BCUT2D eigenvalue weighted by molar-refractivity contribution is -0.126. The van der Waals surface area contributed by atoms with Gasteiger partial charge in [-0.15, -0.1) is 0 Å². The molecule has 0 saturated carbocycles. The fourth-order valence-corrected chi connectivity index (χ4v) is 5.88. The maximum absolute atomic E-state index is 13.7. The molecule has 3 aromatic carbocycles. The summed E-state index contributed by atoms with van der Waals surface area (Å²) in [6, 6.07) is 24.0. The fourth-order valence-electron chi connectivity index (χ4n) is 4.65. The lowest BCUT2D eigenvalue weighted by Crippen LogP contribution is -2.53. The lowest BCUT2D eigenvalue weighted by Gasteiger charge is -2.35. The number of H-pyrrole nitrogens is 1. The highest BCUT2D eigenvalue weighted by Gasteiger charge is 2.38. The van der Waals surface area contributed by atoms with Gasteiger partial charge in [-0.25, -0.2) is 13.4 Å². The Hall–Kier alpha value is -3.49. The smallest absolute Gasteiger partial charge is 0.239 e. The van der Waals surface area contributed by atoms with E-state index < -0.39 is 22.1 Å². The first-order chi connectivity index (χ1) is 16.9. The Bertz CT molecular complexity index is 1420. The number of benzene rings is 3. The highest BCUT2D eigenvalue weighted by Crippen LogP contribution is 2.27. The van der Waals surface area contributed by atoms with Gasteiger partial charge in [0.25, 0.3) is 0 Å². The van der Waals surface area contributed by atoms with Crippen molar-refractivity contribution in [2.45, 2.75) is 38.4 Å². The second-order valence-corrected chi connectivity index (χ2v) is 11.0. The van der Waals surface area contributed by atoms with Crippen LogP contribution in [0.15, 0.2) is 78.9 Å². The molecule has 4 aromatic rings. The molecular formula is C27H28N4O3S. The molecule has 1 aromatic heterocycles. The van der Waals surface area contributed by atoms with Crippen molar-refractivity contribution in [1.29, 1.82) is 0 Å². The van der Waals surface area contributed by atoms with E-state index in [9.17, 15) is 13.2 Å². The predicted molar refractivity (Wildman–Crippen MR) is 136 cm³/mol. The molecule has 1 aliphatic heterocycles. The molecule has 7 nitrogen and oxygen atoms in total. The Kier molecular flexibility index (Phi) is 6.40. The molecule has 1 amide bonds. The van der Waals surface area contributed by atoms with E-state index in [2.05, 4.69) is 10.3 Å². The molecular weight excluding hydrogens is 460 g/mol. The average Bonchev–Trinajstić information content (AvgIpc) is 3.32. The molecule has 0 spiro atoms. The molecule has 0 saturated heterocycles. The standard InChI is InChI=1S/C27H28N4O3S/c1-2-35(33,34)31-18-21-13-7-6-12-20(21)17-25(31)27(32)30-24(16-19-10-4-3-5-11-19)26-28-22-14-8-9-15-23(22)29-26/h3-15,24-25H,2,16-18H2,1H3,(H,28,29)(H,30,32). The van der Waals surface area contributed by atoms with E-state index in [1.165, 1.54) is 4.31 Å². The number of hydrogen-bond acceptors (Lipinski definition) is 4. The molecule has 35 heavy (non-hydrogen) atoms. The maximum atomic E-state index is 13.7. The first kappa shape index (κ1) is 23.3. The van der Waals surface area contributed by atoms with Gasteiger partial charge in [-0.05, 0) is 48.6 Å². The van der Waals surface area contributed by atoms with Gasteiger partial charge in [-0.1, -0.05) is 66.7 Å². The molecule has 0 aliphatic carbocycles. The Labute approximate surface area is 205 Å². The maximum Gasteiger partial charge on any atom is 0.239 e. The summed E-state index contributed by atoms with van der Waals surface area (Å²) in [5.74, 6) is 0.262. The molecule has 180 valence electrons. The fraction of sp³-hybridized carbons (Fsp3) is 0.259. The zero-order valence-corrected chi connectivity index (χ0v) is 20.3.